The zero-order chi connectivity index (χ0) is 15.2. The molecule has 0 bridgehead atoms. The molecule has 2 atom stereocenters. The summed E-state index contributed by atoms with van der Waals surface area (Å²) in [5.41, 5.74) is 4.20. The summed E-state index contributed by atoms with van der Waals surface area (Å²) in [6.07, 6.45) is 0.537. The second kappa shape index (κ2) is 7.54. The highest BCUT2D eigenvalue weighted by Crippen LogP contribution is 2.14. The molecule has 0 aromatic heterocycles. The number of morpholine rings is 1. The molecule has 1 N–H and O–H groups in total. The summed E-state index contributed by atoms with van der Waals surface area (Å²) in [5.74, 6) is -0.211. The number of benzene rings is 1. The molecule has 0 saturated carbocycles. The minimum absolute atomic E-state index is 0.211. The van der Waals surface area contributed by atoms with E-state index in [0.29, 0.717) is 12.2 Å². The van der Waals surface area contributed by atoms with Crippen molar-refractivity contribution in [2.75, 3.05) is 19.7 Å². The van der Waals surface area contributed by atoms with Gasteiger partial charge in [0.1, 0.15) is 0 Å². The number of carbonyl (C=O) groups excluding carboxylic acids is 1. The highest BCUT2D eigenvalue weighted by atomic mass is 16.6. The van der Waals surface area contributed by atoms with Gasteiger partial charge in [0.05, 0.1) is 18.8 Å². The number of hydroxylamine groups is 1. The normalized spacial score (nSPS) is 23.0. The SMILES string of the molecule is CCONC(=O)c1ccc(CN2C[C@@H](C)O[C@@H](C)C2)cc1. The molecule has 0 unspecified atom stereocenters. The largest absolute Gasteiger partial charge is 0.373 e. The van der Waals surface area contributed by atoms with Crippen molar-refractivity contribution in [3.8, 4) is 0 Å². The lowest BCUT2D eigenvalue weighted by Gasteiger charge is -2.35. The van der Waals surface area contributed by atoms with Crippen LogP contribution in [0.1, 0.15) is 36.7 Å². The first-order valence-electron chi connectivity index (χ1n) is 7.47. The van der Waals surface area contributed by atoms with Gasteiger partial charge in [-0.15, -0.1) is 0 Å². The third-order valence-electron chi connectivity index (χ3n) is 3.43. The number of amides is 1. The number of nitrogens with zero attached hydrogens (tertiary/aromatic N) is 1. The number of nitrogens with one attached hydrogen (secondary N) is 1. The second-order valence-corrected chi connectivity index (χ2v) is 5.51. The highest BCUT2D eigenvalue weighted by molar-refractivity contribution is 5.93. The molecule has 116 valence electrons. The van der Waals surface area contributed by atoms with Gasteiger partial charge in [0, 0.05) is 25.2 Å². The zero-order valence-electron chi connectivity index (χ0n) is 13.0. The number of carbonyl (C=O) groups is 1. The zero-order valence-corrected chi connectivity index (χ0v) is 13.0. The number of hydrogen-bond donors (Lipinski definition) is 1. The van der Waals surface area contributed by atoms with Crippen LogP contribution in [0.2, 0.25) is 0 Å². The van der Waals surface area contributed by atoms with Crippen LogP contribution < -0.4 is 5.48 Å². The summed E-state index contributed by atoms with van der Waals surface area (Å²) in [5, 5.41) is 0. The van der Waals surface area contributed by atoms with Crippen LogP contribution in [0.25, 0.3) is 0 Å². The van der Waals surface area contributed by atoms with Gasteiger partial charge in [0.25, 0.3) is 5.91 Å². The van der Waals surface area contributed by atoms with Crippen molar-refractivity contribution in [2.24, 2.45) is 0 Å². The minimum atomic E-state index is -0.211. The maximum Gasteiger partial charge on any atom is 0.274 e. The predicted molar refractivity (Wildman–Crippen MR) is 80.8 cm³/mol. The molecule has 5 nitrogen and oxygen atoms in total. The Morgan fingerprint density at radius 2 is 1.90 bits per heavy atom. The summed E-state index contributed by atoms with van der Waals surface area (Å²) in [4.78, 5) is 19.0. The van der Waals surface area contributed by atoms with Gasteiger partial charge in [-0.3, -0.25) is 14.5 Å². The van der Waals surface area contributed by atoms with Crippen molar-refractivity contribution >= 4 is 5.91 Å². The first kappa shape index (κ1) is 15.9. The molecule has 0 aliphatic carbocycles. The standard InChI is InChI=1S/C16H24N2O3/c1-4-20-17-16(19)15-7-5-14(6-8-15)11-18-9-12(2)21-13(3)10-18/h5-8,12-13H,4,9-11H2,1-3H3,(H,17,19)/t12-,13+. The summed E-state index contributed by atoms with van der Waals surface area (Å²) < 4.78 is 5.73. The summed E-state index contributed by atoms with van der Waals surface area (Å²) in [7, 11) is 0. The fraction of sp³-hybridized carbons (Fsp3) is 0.562. The van der Waals surface area contributed by atoms with Crippen LogP contribution in [-0.2, 0) is 16.1 Å². The molecular weight excluding hydrogens is 268 g/mol. The smallest absolute Gasteiger partial charge is 0.274 e. The van der Waals surface area contributed by atoms with Crippen molar-refractivity contribution in [1.29, 1.82) is 0 Å². The van der Waals surface area contributed by atoms with Crippen LogP contribution >= 0.6 is 0 Å². The van der Waals surface area contributed by atoms with E-state index in [0.717, 1.165) is 19.6 Å². The Bertz CT molecular complexity index is 451. The van der Waals surface area contributed by atoms with Crippen LogP contribution in [0, 0.1) is 0 Å². The van der Waals surface area contributed by atoms with E-state index in [-0.39, 0.29) is 18.1 Å². The van der Waals surface area contributed by atoms with Crippen LogP contribution in [0.15, 0.2) is 24.3 Å². The Morgan fingerprint density at radius 1 is 1.29 bits per heavy atom. The lowest BCUT2D eigenvalue weighted by molar-refractivity contribution is -0.0704. The molecule has 1 aromatic rings. The van der Waals surface area contributed by atoms with Gasteiger partial charge in [-0.05, 0) is 38.5 Å². The van der Waals surface area contributed by atoms with Crippen molar-refractivity contribution in [2.45, 2.75) is 39.5 Å². The highest BCUT2D eigenvalue weighted by Gasteiger charge is 2.21. The predicted octanol–water partition coefficient (Wildman–Crippen LogP) is 1.98. The van der Waals surface area contributed by atoms with E-state index >= 15 is 0 Å². The van der Waals surface area contributed by atoms with E-state index in [1.165, 1.54) is 5.56 Å². The van der Waals surface area contributed by atoms with Gasteiger partial charge in [-0.25, -0.2) is 5.48 Å². The summed E-state index contributed by atoms with van der Waals surface area (Å²) in [6, 6.07) is 7.64. The van der Waals surface area contributed by atoms with Crippen molar-refractivity contribution < 1.29 is 14.4 Å². The van der Waals surface area contributed by atoms with Crippen molar-refractivity contribution in [3.63, 3.8) is 0 Å². The van der Waals surface area contributed by atoms with Gasteiger partial charge < -0.3 is 4.74 Å². The molecule has 21 heavy (non-hydrogen) atoms. The van der Waals surface area contributed by atoms with Crippen molar-refractivity contribution in [1.82, 2.24) is 10.4 Å². The average molecular weight is 292 g/mol. The fourth-order valence-corrected chi connectivity index (χ4v) is 2.63. The Labute approximate surface area is 126 Å². The third-order valence-corrected chi connectivity index (χ3v) is 3.43. The molecule has 1 fully saturated rings. The molecule has 0 radical (unpaired) electrons. The molecule has 1 saturated heterocycles. The quantitative estimate of drug-likeness (QED) is 0.843. The van der Waals surface area contributed by atoms with Crippen molar-refractivity contribution in [3.05, 3.63) is 35.4 Å². The Balaban J connectivity index is 1.91. The molecule has 2 rings (SSSR count). The number of ether oxygens (including phenoxy) is 1. The molecule has 1 aromatic carbocycles. The number of hydrogen-bond acceptors (Lipinski definition) is 4. The molecule has 0 spiro atoms. The lowest BCUT2D eigenvalue weighted by atomic mass is 10.1. The van der Waals surface area contributed by atoms with Gasteiger partial charge in [-0.1, -0.05) is 12.1 Å². The van der Waals surface area contributed by atoms with Gasteiger partial charge in [-0.2, -0.15) is 0 Å². The Hall–Kier alpha value is -1.43. The first-order valence-corrected chi connectivity index (χ1v) is 7.47. The van der Waals surface area contributed by atoms with E-state index in [1.54, 1.807) is 0 Å². The molecular formula is C16H24N2O3. The van der Waals surface area contributed by atoms with E-state index in [9.17, 15) is 4.79 Å². The van der Waals surface area contributed by atoms with Crippen LogP contribution in [-0.4, -0.2) is 42.7 Å². The molecule has 1 aliphatic rings. The minimum Gasteiger partial charge on any atom is -0.373 e. The fourth-order valence-electron chi connectivity index (χ4n) is 2.63. The van der Waals surface area contributed by atoms with Crippen LogP contribution in [0.4, 0.5) is 0 Å². The Kier molecular flexibility index (Phi) is 5.73. The lowest BCUT2D eigenvalue weighted by Crippen LogP contribution is -2.44. The number of rotatable bonds is 5. The molecule has 1 heterocycles. The van der Waals surface area contributed by atoms with Gasteiger partial charge in [0.15, 0.2) is 0 Å². The van der Waals surface area contributed by atoms with Crippen LogP contribution in [0.3, 0.4) is 0 Å². The summed E-state index contributed by atoms with van der Waals surface area (Å²) in [6.45, 7) is 9.25. The average Bonchev–Trinajstić information content (AvgIpc) is 2.44. The Morgan fingerprint density at radius 3 is 2.48 bits per heavy atom. The molecule has 1 amide bonds. The van der Waals surface area contributed by atoms with Gasteiger partial charge in [0.2, 0.25) is 0 Å². The monoisotopic (exact) mass is 292 g/mol. The molecule has 1 aliphatic heterocycles. The maximum absolute atomic E-state index is 11.7. The van der Waals surface area contributed by atoms with E-state index in [2.05, 4.69) is 24.2 Å². The van der Waals surface area contributed by atoms with E-state index in [1.807, 2.05) is 31.2 Å². The van der Waals surface area contributed by atoms with E-state index in [4.69, 9.17) is 9.57 Å². The second-order valence-electron chi connectivity index (χ2n) is 5.51. The maximum atomic E-state index is 11.7. The van der Waals surface area contributed by atoms with Crippen LogP contribution in [0.5, 0.6) is 0 Å². The van der Waals surface area contributed by atoms with Gasteiger partial charge >= 0.3 is 0 Å². The third kappa shape index (κ3) is 4.81. The summed E-state index contributed by atoms with van der Waals surface area (Å²) >= 11 is 0. The topological polar surface area (TPSA) is 50.8 Å². The molecule has 5 heteroatoms. The van der Waals surface area contributed by atoms with E-state index < -0.39 is 0 Å². The first-order chi connectivity index (χ1) is 10.1.